The standard InChI is InChI=1S/C23H23N5O2/c1-15-8-13-20(25-14-15)27-23(30)18-6-4-5-7-19(18)26-22(29)17-11-9-16(10-12-17)21(24)28(2)3/h4-14,24H,1-3H3,(H,26,29)(H,25,27,30). The predicted octanol–water partition coefficient (Wildman–Crippen LogP) is 3.78. The van der Waals surface area contributed by atoms with Gasteiger partial charge < -0.3 is 15.5 Å². The molecule has 0 atom stereocenters. The van der Waals surface area contributed by atoms with Crippen LogP contribution < -0.4 is 10.6 Å². The van der Waals surface area contributed by atoms with Gasteiger partial charge in [0.2, 0.25) is 0 Å². The summed E-state index contributed by atoms with van der Waals surface area (Å²) in [5.41, 5.74) is 2.87. The Labute approximate surface area is 175 Å². The fraction of sp³-hybridized carbons (Fsp3) is 0.130. The fourth-order valence-electron chi connectivity index (χ4n) is 2.75. The highest BCUT2D eigenvalue weighted by molar-refractivity contribution is 6.12. The molecule has 0 radical (unpaired) electrons. The molecule has 2 aromatic carbocycles. The molecule has 0 saturated heterocycles. The van der Waals surface area contributed by atoms with Crippen LogP contribution in [0.3, 0.4) is 0 Å². The number of carbonyl (C=O) groups excluding carboxylic acids is 2. The summed E-state index contributed by atoms with van der Waals surface area (Å²) in [6.07, 6.45) is 1.67. The molecule has 152 valence electrons. The molecule has 0 aliphatic heterocycles. The van der Waals surface area contributed by atoms with E-state index >= 15 is 0 Å². The largest absolute Gasteiger partial charge is 0.363 e. The van der Waals surface area contributed by atoms with E-state index in [-0.39, 0.29) is 11.8 Å². The second-order valence-corrected chi connectivity index (χ2v) is 7.00. The molecule has 3 N–H and O–H groups in total. The lowest BCUT2D eigenvalue weighted by molar-refractivity contribution is 0.102. The van der Waals surface area contributed by atoms with Gasteiger partial charge in [0, 0.05) is 31.4 Å². The van der Waals surface area contributed by atoms with Gasteiger partial charge >= 0.3 is 0 Å². The van der Waals surface area contributed by atoms with Gasteiger partial charge in [0.05, 0.1) is 11.3 Å². The number of hydrogen-bond donors (Lipinski definition) is 3. The summed E-state index contributed by atoms with van der Waals surface area (Å²) in [4.78, 5) is 31.2. The van der Waals surface area contributed by atoms with Crippen molar-refractivity contribution >= 4 is 29.2 Å². The molecule has 1 aromatic heterocycles. The fourth-order valence-corrected chi connectivity index (χ4v) is 2.75. The summed E-state index contributed by atoms with van der Waals surface area (Å²) < 4.78 is 0. The molecule has 0 aliphatic rings. The third-order valence-corrected chi connectivity index (χ3v) is 4.44. The Morgan fingerprint density at radius 1 is 0.867 bits per heavy atom. The molecule has 0 saturated carbocycles. The molecule has 0 unspecified atom stereocenters. The van der Waals surface area contributed by atoms with Gasteiger partial charge in [0.25, 0.3) is 11.8 Å². The van der Waals surface area contributed by atoms with Crippen molar-refractivity contribution in [3.63, 3.8) is 0 Å². The first-order valence-corrected chi connectivity index (χ1v) is 9.36. The highest BCUT2D eigenvalue weighted by Crippen LogP contribution is 2.18. The maximum absolute atomic E-state index is 12.7. The van der Waals surface area contributed by atoms with Crippen LogP contribution in [0.5, 0.6) is 0 Å². The summed E-state index contributed by atoms with van der Waals surface area (Å²) in [5, 5.41) is 13.5. The van der Waals surface area contributed by atoms with Crippen LogP contribution in [0.2, 0.25) is 0 Å². The minimum Gasteiger partial charge on any atom is -0.363 e. The molecule has 3 aromatic rings. The van der Waals surface area contributed by atoms with Crippen molar-refractivity contribution in [2.75, 3.05) is 24.7 Å². The number of pyridine rings is 1. The van der Waals surface area contributed by atoms with Crippen LogP contribution >= 0.6 is 0 Å². The Morgan fingerprint density at radius 3 is 2.17 bits per heavy atom. The average Bonchev–Trinajstić information content (AvgIpc) is 2.75. The number of hydrogen-bond acceptors (Lipinski definition) is 4. The molecule has 30 heavy (non-hydrogen) atoms. The van der Waals surface area contributed by atoms with E-state index in [4.69, 9.17) is 5.41 Å². The van der Waals surface area contributed by atoms with Crippen LogP contribution in [0.25, 0.3) is 0 Å². The monoisotopic (exact) mass is 401 g/mol. The molecule has 7 nitrogen and oxygen atoms in total. The first-order valence-electron chi connectivity index (χ1n) is 9.36. The number of nitrogens with one attached hydrogen (secondary N) is 3. The summed E-state index contributed by atoms with van der Waals surface area (Å²) in [6, 6.07) is 17.1. The SMILES string of the molecule is Cc1ccc(NC(=O)c2ccccc2NC(=O)c2ccc(C(=N)N(C)C)cc2)nc1. The Hall–Kier alpha value is -4.00. The first-order chi connectivity index (χ1) is 14.3. The van der Waals surface area contributed by atoms with Crippen molar-refractivity contribution in [2.24, 2.45) is 0 Å². The van der Waals surface area contributed by atoms with Crippen molar-refractivity contribution < 1.29 is 9.59 Å². The summed E-state index contributed by atoms with van der Waals surface area (Å²) in [5.74, 6) is 0.0861. The van der Waals surface area contributed by atoms with E-state index in [1.54, 1.807) is 79.8 Å². The lowest BCUT2D eigenvalue weighted by Crippen LogP contribution is -2.22. The quantitative estimate of drug-likeness (QED) is 0.448. The number of aromatic nitrogens is 1. The van der Waals surface area contributed by atoms with Crippen molar-refractivity contribution in [1.29, 1.82) is 5.41 Å². The minimum atomic E-state index is -0.364. The molecular weight excluding hydrogens is 378 g/mol. The van der Waals surface area contributed by atoms with Gasteiger partial charge in [-0.05, 0) is 42.8 Å². The number of carbonyl (C=O) groups is 2. The number of nitrogens with zero attached hydrogens (tertiary/aromatic N) is 2. The van der Waals surface area contributed by atoms with Crippen molar-refractivity contribution in [3.05, 3.63) is 89.1 Å². The topological polar surface area (TPSA) is 98.2 Å². The Bertz CT molecular complexity index is 1070. The third kappa shape index (κ3) is 4.88. The molecule has 0 spiro atoms. The molecule has 7 heteroatoms. The number of anilines is 2. The lowest BCUT2D eigenvalue weighted by Gasteiger charge is -2.14. The van der Waals surface area contributed by atoms with E-state index in [9.17, 15) is 9.59 Å². The maximum atomic E-state index is 12.7. The van der Waals surface area contributed by atoms with Crippen LogP contribution in [0.1, 0.15) is 31.8 Å². The summed E-state index contributed by atoms with van der Waals surface area (Å²) in [7, 11) is 3.58. The van der Waals surface area contributed by atoms with Gasteiger partial charge in [-0.25, -0.2) is 4.98 Å². The number of amides is 2. The number of amidine groups is 1. The predicted molar refractivity (Wildman–Crippen MR) is 118 cm³/mol. The molecule has 3 rings (SSSR count). The van der Waals surface area contributed by atoms with E-state index in [2.05, 4.69) is 15.6 Å². The van der Waals surface area contributed by atoms with Crippen LogP contribution in [0.4, 0.5) is 11.5 Å². The van der Waals surface area contributed by atoms with Crippen molar-refractivity contribution in [3.8, 4) is 0 Å². The van der Waals surface area contributed by atoms with E-state index < -0.39 is 0 Å². The Balaban J connectivity index is 1.75. The zero-order valence-corrected chi connectivity index (χ0v) is 17.1. The van der Waals surface area contributed by atoms with Crippen molar-refractivity contribution in [1.82, 2.24) is 9.88 Å². The van der Waals surface area contributed by atoms with Gasteiger partial charge in [-0.15, -0.1) is 0 Å². The summed E-state index contributed by atoms with van der Waals surface area (Å²) in [6.45, 7) is 1.92. The Morgan fingerprint density at radius 2 is 1.53 bits per heavy atom. The maximum Gasteiger partial charge on any atom is 0.258 e. The number of para-hydroxylation sites is 1. The molecular formula is C23H23N5O2. The molecule has 0 bridgehead atoms. The normalized spacial score (nSPS) is 10.2. The van der Waals surface area contributed by atoms with Gasteiger partial charge in [-0.3, -0.25) is 15.0 Å². The van der Waals surface area contributed by atoms with Crippen LogP contribution in [-0.4, -0.2) is 41.6 Å². The van der Waals surface area contributed by atoms with E-state index in [1.807, 2.05) is 13.0 Å². The zero-order chi connectivity index (χ0) is 21.7. The zero-order valence-electron chi connectivity index (χ0n) is 17.1. The minimum absolute atomic E-state index is 0.333. The highest BCUT2D eigenvalue weighted by Gasteiger charge is 2.15. The van der Waals surface area contributed by atoms with Gasteiger partial charge in [-0.1, -0.05) is 30.3 Å². The highest BCUT2D eigenvalue weighted by atomic mass is 16.2. The summed E-state index contributed by atoms with van der Waals surface area (Å²) >= 11 is 0. The average molecular weight is 401 g/mol. The first kappa shape index (κ1) is 20.7. The molecule has 2 amide bonds. The van der Waals surface area contributed by atoms with Gasteiger partial charge in [0.1, 0.15) is 11.7 Å². The van der Waals surface area contributed by atoms with Crippen LogP contribution in [0.15, 0.2) is 66.9 Å². The van der Waals surface area contributed by atoms with Crippen molar-refractivity contribution in [2.45, 2.75) is 6.92 Å². The van der Waals surface area contributed by atoms with Crippen LogP contribution in [0, 0.1) is 12.3 Å². The van der Waals surface area contributed by atoms with E-state index in [0.29, 0.717) is 34.0 Å². The second-order valence-electron chi connectivity index (χ2n) is 7.00. The number of rotatable bonds is 5. The van der Waals surface area contributed by atoms with Crippen LogP contribution in [-0.2, 0) is 0 Å². The van der Waals surface area contributed by atoms with Gasteiger partial charge in [-0.2, -0.15) is 0 Å². The number of benzene rings is 2. The molecule has 0 aliphatic carbocycles. The second kappa shape index (κ2) is 9.00. The number of aryl methyl sites for hydroxylation is 1. The third-order valence-electron chi connectivity index (χ3n) is 4.44. The lowest BCUT2D eigenvalue weighted by atomic mass is 10.1. The molecule has 1 heterocycles. The van der Waals surface area contributed by atoms with E-state index in [0.717, 1.165) is 5.56 Å². The Kier molecular flexibility index (Phi) is 6.22. The van der Waals surface area contributed by atoms with Gasteiger partial charge in [0.15, 0.2) is 0 Å². The van der Waals surface area contributed by atoms with E-state index in [1.165, 1.54) is 0 Å². The smallest absolute Gasteiger partial charge is 0.258 e. The molecule has 0 fully saturated rings.